The summed E-state index contributed by atoms with van der Waals surface area (Å²) in [6.07, 6.45) is 1.44. The Morgan fingerprint density at radius 3 is 2.59 bits per heavy atom. The third-order valence-corrected chi connectivity index (χ3v) is 5.03. The maximum atomic E-state index is 12.6. The summed E-state index contributed by atoms with van der Waals surface area (Å²) >= 11 is 5.28. The number of nitrogens with zero attached hydrogens (tertiary/aromatic N) is 5. The van der Waals surface area contributed by atoms with E-state index in [0.717, 1.165) is 16.9 Å². The van der Waals surface area contributed by atoms with Gasteiger partial charge in [-0.3, -0.25) is 18.9 Å². The minimum absolute atomic E-state index is 0.134. The summed E-state index contributed by atoms with van der Waals surface area (Å²) in [5.41, 5.74) is 1.85. The zero-order valence-corrected chi connectivity index (χ0v) is 16.5. The predicted molar refractivity (Wildman–Crippen MR) is 109 cm³/mol. The number of para-hydroxylation sites is 2. The zero-order valence-electron chi connectivity index (χ0n) is 15.7. The van der Waals surface area contributed by atoms with Crippen molar-refractivity contribution < 1.29 is 5.11 Å². The molecule has 0 unspecified atom stereocenters. The first-order valence-corrected chi connectivity index (χ1v) is 9.38. The molecule has 0 amide bonds. The van der Waals surface area contributed by atoms with Crippen LogP contribution in [0.25, 0.3) is 11.0 Å². The molecule has 3 aromatic rings. The van der Waals surface area contributed by atoms with Crippen LogP contribution in [-0.4, -0.2) is 36.6 Å². The Kier molecular flexibility index (Phi) is 5.55. The van der Waals surface area contributed by atoms with Crippen molar-refractivity contribution in [3.8, 4) is 5.88 Å². The van der Waals surface area contributed by atoms with Crippen LogP contribution in [0.4, 0.5) is 0 Å². The molecule has 7 nitrogen and oxygen atoms in total. The molecule has 8 heteroatoms. The highest BCUT2D eigenvalue weighted by Crippen LogP contribution is 2.15. The Balaban J connectivity index is 1.88. The summed E-state index contributed by atoms with van der Waals surface area (Å²) in [5.74, 6) is 0.784. The Morgan fingerprint density at radius 1 is 1.19 bits per heavy atom. The van der Waals surface area contributed by atoms with Crippen LogP contribution < -0.4 is 5.56 Å². The number of hydrogen-bond donors (Lipinski definition) is 1. The van der Waals surface area contributed by atoms with E-state index < -0.39 is 0 Å². The van der Waals surface area contributed by atoms with Gasteiger partial charge in [-0.2, -0.15) is 0 Å². The largest absolute Gasteiger partial charge is 0.494 e. The average Bonchev–Trinajstić information content (AvgIpc) is 2.97. The van der Waals surface area contributed by atoms with E-state index in [0.29, 0.717) is 31.0 Å². The standard InChI is InChI=1S/C19H23N5O2S/c1-4-22-17(25)14(18(26)23(5-2)19(22)27)12-20-10-11-24-13(3)21-15-8-6-7-9-16(15)24/h6-9,12,25H,4-5,10-11H2,1-3H3. The third kappa shape index (κ3) is 3.44. The molecule has 0 fully saturated rings. The van der Waals surface area contributed by atoms with Gasteiger partial charge in [-0.1, -0.05) is 12.1 Å². The lowest BCUT2D eigenvalue weighted by atomic mass is 10.3. The number of imidazole rings is 1. The predicted octanol–water partition coefficient (Wildman–Crippen LogP) is 2.90. The van der Waals surface area contributed by atoms with Crippen molar-refractivity contribution in [1.29, 1.82) is 0 Å². The lowest BCUT2D eigenvalue weighted by molar-refractivity contribution is 0.399. The van der Waals surface area contributed by atoms with Crippen molar-refractivity contribution in [3.63, 3.8) is 0 Å². The maximum absolute atomic E-state index is 12.6. The molecule has 0 aliphatic carbocycles. The van der Waals surface area contributed by atoms with Gasteiger partial charge < -0.3 is 9.67 Å². The van der Waals surface area contributed by atoms with Crippen LogP contribution in [0.3, 0.4) is 0 Å². The van der Waals surface area contributed by atoms with Gasteiger partial charge in [0, 0.05) is 25.8 Å². The topological polar surface area (TPSA) is 77.3 Å². The molecule has 0 saturated carbocycles. The summed E-state index contributed by atoms with van der Waals surface area (Å²) in [6.45, 7) is 7.70. The van der Waals surface area contributed by atoms with Gasteiger partial charge in [-0.25, -0.2) is 4.98 Å². The zero-order chi connectivity index (χ0) is 19.6. The van der Waals surface area contributed by atoms with Crippen molar-refractivity contribution in [3.05, 3.63) is 50.8 Å². The molecule has 0 spiro atoms. The summed E-state index contributed by atoms with van der Waals surface area (Å²) in [7, 11) is 0. The molecular weight excluding hydrogens is 362 g/mol. The molecule has 1 N–H and O–H groups in total. The van der Waals surface area contributed by atoms with Crippen LogP contribution in [0.5, 0.6) is 5.88 Å². The SMILES string of the molecule is CCn1c(O)c(C=NCCn2c(C)nc3ccccc32)c(=O)n(CC)c1=S. The van der Waals surface area contributed by atoms with Gasteiger partial charge >= 0.3 is 0 Å². The van der Waals surface area contributed by atoms with Gasteiger partial charge in [0.05, 0.1) is 17.6 Å². The summed E-state index contributed by atoms with van der Waals surface area (Å²) in [4.78, 5) is 21.5. The molecule has 2 aromatic heterocycles. The second kappa shape index (κ2) is 7.87. The van der Waals surface area contributed by atoms with Crippen LogP contribution in [-0.2, 0) is 19.6 Å². The molecule has 0 saturated heterocycles. The van der Waals surface area contributed by atoms with Gasteiger partial charge in [0.15, 0.2) is 4.77 Å². The monoisotopic (exact) mass is 385 g/mol. The summed E-state index contributed by atoms with van der Waals surface area (Å²) < 4.78 is 5.41. The second-order valence-electron chi connectivity index (χ2n) is 6.15. The van der Waals surface area contributed by atoms with Gasteiger partial charge in [-0.15, -0.1) is 0 Å². The number of aromatic nitrogens is 4. The van der Waals surface area contributed by atoms with Gasteiger partial charge in [0.2, 0.25) is 5.88 Å². The molecule has 0 atom stereocenters. The summed E-state index contributed by atoms with van der Waals surface area (Å²) in [6, 6.07) is 7.95. The normalized spacial score (nSPS) is 11.7. The molecule has 0 aliphatic heterocycles. The number of rotatable bonds is 6. The van der Waals surface area contributed by atoms with Crippen LogP contribution in [0.1, 0.15) is 25.2 Å². The summed E-state index contributed by atoms with van der Waals surface area (Å²) in [5, 5.41) is 10.4. The quantitative estimate of drug-likeness (QED) is 0.523. The van der Waals surface area contributed by atoms with E-state index in [1.54, 1.807) is 0 Å². The van der Waals surface area contributed by atoms with Gasteiger partial charge in [0.25, 0.3) is 5.56 Å². The minimum Gasteiger partial charge on any atom is -0.494 e. The fourth-order valence-corrected chi connectivity index (χ4v) is 3.61. The molecule has 3 rings (SSSR count). The number of aryl methyl sites for hydroxylation is 1. The van der Waals surface area contributed by atoms with Crippen LogP contribution in [0.2, 0.25) is 0 Å². The van der Waals surface area contributed by atoms with Crippen molar-refractivity contribution in [1.82, 2.24) is 18.7 Å². The number of fused-ring (bicyclic) bond motifs is 1. The van der Waals surface area contributed by atoms with Crippen molar-refractivity contribution in [2.24, 2.45) is 4.99 Å². The highest BCUT2D eigenvalue weighted by Gasteiger charge is 2.13. The lowest BCUT2D eigenvalue weighted by Gasteiger charge is -2.13. The van der Waals surface area contributed by atoms with Gasteiger partial charge in [0.1, 0.15) is 11.4 Å². The number of hydrogen-bond acceptors (Lipinski definition) is 5. The Labute approximate surface area is 162 Å². The molecule has 142 valence electrons. The fraction of sp³-hybridized carbons (Fsp3) is 0.368. The first-order chi connectivity index (χ1) is 13.0. The first kappa shape index (κ1) is 19.0. The lowest BCUT2D eigenvalue weighted by Crippen LogP contribution is -2.28. The van der Waals surface area contributed by atoms with Crippen molar-refractivity contribution in [2.45, 2.75) is 40.4 Å². The van der Waals surface area contributed by atoms with Crippen LogP contribution in [0.15, 0.2) is 34.1 Å². The van der Waals surface area contributed by atoms with Crippen molar-refractivity contribution >= 4 is 29.5 Å². The average molecular weight is 385 g/mol. The van der Waals surface area contributed by atoms with E-state index in [1.165, 1.54) is 15.3 Å². The molecular formula is C19H23N5O2S. The highest BCUT2D eigenvalue weighted by atomic mass is 32.1. The minimum atomic E-state index is -0.322. The van der Waals surface area contributed by atoms with Crippen LogP contribution >= 0.6 is 12.2 Å². The van der Waals surface area contributed by atoms with E-state index in [2.05, 4.69) is 14.5 Å². The highest BCUT2D eigenvalue weighted by molar-refractivity contribution is 7.71. The number of benzene rings is 1. The fourth-order valence-electron chi connectivity index (χ4n) is 3.18. The van der Waals surface area contributed by atoms with E-state index in [1.807, 2.05) is 45.0 Å². The molecule has 0 aliphatic rings. The van der Waals surface area contributed by atoms with E-state index >= 15 is 0 Å². The molecule has 0 bridgehead atoms. The van der Waals surface area contributed by atoms with Crippen molar-refractivity contribution in [2.75, 3.05) is 6.54 Å². The Bertz CT molecular complexity index is 1120. The second-order valence-corrected chi connectivity index (χ2v) is 6.51. The Hall–Kier alpha value is -2.74. The smallest absolute Gasteiger partial charge is 0.267 e. The first-order valence-electron chi connectivity index (χ1n) is 8.97. The van der Waals surface area contributed by atoms with Crippen LogP contribution in [0, 0.1) is 11.7 Å². The Morgan fingerprint density at radius 2 is 1.89 bits per heavy atom. The van der Waals surface area contributed by atoms with E-state index in [-0.39, 0.29) is 17.0 Å². The number of aromatic hydroxyl groups is 1. The molecule has 2 heterocycles. The molecule has 1 aromatic carbocycles. The molecule has 27 heavy (non-hydrogen) atoms. The maximum Gasteiger partial charge on any atom is 0.267 e. The van der Waals surface area contributed by atoms with E-state index in [4.69, 9.17) is 12.2 Å². The number of aliphatic imine (C=N–C) groups is 1. The molecule has 0 radical (unpaired) electrons. The van der Waals surface area contributed by atoms with Gasteiger partial charge in [-0.05, 0) is 45.1 Å². The third-order valence-electron chi connectivity index (χ3n) is 4.58. The van der Waals surface area contributed by atoms with E-state index in [9.17, 15) is 9.90 Å².